The number of carbonyl (C=O) groups is 1. The molecule has 1 aromatic rings. The van der Waals surface area contributed by atoms with E-state index >= 15 is 0 Å². The van der Waals surface area contributed by atoms with Gasteiger partial charge in [-0.2, -0.15) is 0 Å². The summed E-state index contributed by atoms with van der Waals surface area (Å²) >= 11 is 1.37. The Hall–Kier alpha value is -1.29. The number of anilines is 1. The van der Waals surface area contributed by atoms with Gasteiger partial charge in [-0.05, 0) is 24.3 Å². The first-order valence-electron chi connectivity index (χ1n) is 6.05. The Kier molecular flexibility index (Phi) is 6.96. The number of rotatable bonds is 8. The molecule has 0 aliphatic carbocycles. The van der Waals surface area contributed by atoms with Gasteiger partial charge >= 0.3 is 5.97 Å². The molecule has 118 valence electrons. The largest absolute Gasteiger partial charge is 0.467 e. The van der Waals surface area contributed by atoms with E-state index in [1.807, 2.05) is 0 Å². The van der Waals surface area contributed by atoms with Gasteiger partial charge < -0.3 is 15.6 Å². The highest BCUT2D eigenvalue weighted by molar-refractivity contribution is 8.00. The van der Waals surface area contributed by atoms with Crippen molar-refractivity contribution in [3.63, 3.8) is 0 Å². The van der Waals surface area contributed by atoms with E-state index in [-0.39, 0.29) is 5.75 Å². The number of nitrogen functional groups attached to an aromatic ring is 1. The van der Waals surface area contributed by atoms with Crippen molar-refractivity contribution >= 4 is 33.4 Å². The number of ether oxygens (including phenoxy) is 1. The van der Waals surface area contributed by atoms with Crippen molar-refractivity contribution < 1.29 is 23.1 Å². The molecule has 1 atom stereocenters. The van der Waals surface area contributed by atoms with E-state index in [9.17, 15) is 18.3 Å². The van der Waals surface area contributed by atoms with Gasteiger partial charge in [0, 0.05) is 22.9 Å². The van der Waals surface area contributed by atoms with E-state index in [1.165, 1.54) is 11.8 Å². The lowest BCUT2D eigenvalue weighted by molar-refractivity contribution is -0.149. The van der Waals surface area contributed by atoms with Crippen LogP contribution in [0.2, 0.25) is 0 Å². The molecule has 0 aliphatic heterocycles. The van der Waals surface area contributed by atoms with Crippen LogP contribution in [0.4, 0.5) is 5.69 Å². The van der Waals surface area contributed by atoms with Gasteiger partial charge in [0.1, 0.15) is 0 Å². The molecule has 1 rings (SSSR count). The predicted molar refractivity (Wildman–Crippen MR) is 81.4 cm³/mol. The average molecular weight is 334 g/mol. The third kappa shape index (κ3) is 6.80. The quantitative estimate of drug-likeness (QED) is 0.342. The maximum absolute atomic E-state index is 11.7. The molecule has 0 heterocycles. The molecule has 0 spiro atoms. The second kappa shape index (κ2) is 8.23. The van der Waals surface area contributed by atoms with Crippen LogP contribution in [-0.4, -0.2) is 50.8 Å². The number of nitrogens with two attached hydrogens (primary N) is 1. The van der Waals surface area contributed by atoms with Gasteiger partial charge in [-0.3, -0.25) is 0 Å². The van der Waals surface area contributed by atoms with E-state index in [0.29, 0.717) is 11.4 Å². The third-order valence-electron chi connectivity index (χ3n) is 2.47. The molecular formula is C12H18N2O5S2. The van der Waals surface area contributed by atoms with Crippen molar-refractivity contribution in [2.45, 2.75) is 11.0 Å². The fourth-order valence-electron chi connectivity index (χ4n) is 1.33. The van der Waals surface area contributed by atoms with Crippen LogP contribution in [0, 0.1) is 0 Å². The summed E-state index contributed by atoms with van der Waals surface area (Å²) in [7, 11) is -2.45. The zero-order chi connectivity index (χ0) is 15.9. The Bertz CT molecular complexity index is 560. The fraction of sp³-hybridized carbons (Fsp3) is 0.417. The number of methoxy groups -OCH3 is 1. The molecule has 1 aromatic carbocycles. The number of aliphatic hydroxyl groups is 1. The first-order valence-corrected chi connectivity index (χ1v) is 8.69. The van der Waals surface area contributed by atoms with E-state index < -0.39 is 28.6 Å². The fourth-order valence-corrected chi connectivity index (χ4v) is 3.66. The van der Waals surface area contributed by atoms with Crippen molar-refractivity contribution in [2.75, 3.05) is 30.9 Å². The van der Waals surface area contributed by atoms with Gasteiger partial charge in [-0.25, -0.2) is 17.9 Å². The SMILES string of the molecule is COC(=O)C(O)CNS(=O)(=O)CCSc1ccc(N)cc1. The maximum atomic E-state index is 11.7. The molecule has 0 aromatic heterocycles. The van der Waals surface area contributed by atoms with Gasteiger partial charge in [0.15, 0.2) is 6.10 Å². The number of benzene rings is 1. The van der Waals surface area contributed by atoms with E-state index in [2.05, 4.69) is 9.46 Å². The number of carbonyl (C=O) groups excluding carboxylic acids is 1. The van der Waals surface area contributed by atoms with Gasteiger partial charge in [-0.1, -0.05) is 0 Å². The Morgan fingerprint density at radius 1 is 1.43 bits per heavy atom. The second-order valence-corrected chi connectivity index (χ2v) is 7.22. The number of aliphatic hydroxyl groups excluding tert-OH is 1. The molecule has 0 aliphatic rings. The molecule has 4 N–H and O–H groups in total. The molecular weight excluding hydrogens is 316 g/mol. The Morgan fingerprint density at radius 2 is 2.05 bits per heavy atom. The topological polar surface area (TPSA) is 119 Å². The third-order valence-corrected chi connectivity index (χ3v) is 5.09. The van der Waals surface area contributed by atoms with Crippen molar-refractivity contribution in [1.82, 2.24) is 4.72 Å². The zero-order valence-corrected chi connectivity index (χ0v) is 13.1. The van der Waals surface area contributed by atoms with E-state index in [4.69, 9.17) is 5.73 Å². The summed E-state index contributed by atoms with van der Waals surface area (Å²) in [5.74, 6) is -0.669. The minimum Gasteiger partial charge on any atom is -0.467 e. The van der Waals surface area contributed by atoms with E-state index in [1.54, 1.807) is 24.3 Å². The number of hydrogen-bond donors (Lipinski definition) is 3. The monoisotopic (exact) mass is 334 g/mol. The predicted octanol–water partition coefficient (Wildman–Crippen LogP) is -0.186. The van der Waals surface area contributed by atoms with Gasteiger partial charge in [0.05, 0.1) is 12.9 Å². The summed E-state index contributed by atoms with van der Waals surface area (Å²) in [6.07, 6.45) is -1.51. The number of nitrogens with one attached hydrogen (secondary N) is 1. The maximum Gasteiger partial charge on any atom is 0.336 e. The van der Waals surface area contributed by atoms with Gasteiger partial charge in [-0.15, -0.1) is 11.8 Å². The van der Waals surface area contributed by atoms with Crippen molar-refractivity contribution in [3.8, 4) is 0 Å². The Balaban J connectivity index is 2.36. The average Bonchev–Trinajstić information content (AvgIpc) is 2.46. The summed E-state index contributed by atoms with van der Waals surface area (Å²) in [5.41, 5.74) is 6.20. The normalized spacial score (nSPS) is 12.9. The van der Waals surface area contributed by atoms with Crippen LogP contribution in [0.15, 0.2) is 29.2 Å². The first kappa shape index (κ1) is 17.8. The van der Waals surface area contributed by atoms with Crippen LogP contribution < -0.4 is 10.5 Å². The molecule has 0 saturated heterocycles. The molecule has 1 unspecified atom stereocenters. The van der Waals surface area contributed by atoms with Crippen LogP contribution in [0.5, 0.6) is 0 Å². The molecule has 7 nitrogen and oxygen atoms in total. The minimum absolute atomic E-state index is 0.129. The second-order valence-electron chi connectivity index (χ2n) is 4.12. The highest BCUT2D eigenvalue weighted by Crippen LogP contribution is 2.19. The number of hydrogen-bond acceptors (Lipinski definition) is 7. The summed E-state index contributed by atoms with van der Waals surface area (Å²) in [6, 6.07) is 7.09. The van der Waals surface area contributed by atoms with Crippen LogP contribution >= 0.6 is 11.8 Å². The van der Waals surface area contributed by atoms with Crippen molar-refractivity contribution in [2.24, 2.45) is 0 Å². The Morgan fingerprint density at radius 3 is 2.62 bits per heavy atom. The lowest BCUT2D eigenvalue weighted by Crippen LogP contribution is -2.38. The zero-order valence-electron chi connectivity index (χ0n) is 11.5. The highest BCUT2D eigenvalue weighted by atomic mass is 32.2. The van der Waals surface area contributed by atoms with Crippen LogP contribution in [0.3, 0.4) is 0 Å². The first-order chi connectivity index (χ1) is 9.84. The smallest absolute Gasteiger partial charge is 0.336 e. The molecule has 0 bridgehead atoms. The van der Waals surface area contributed by atoms with Crippen molar-refractivity contribution in [3.05, 3.63) is 24.3 Å². The molecule has 9 heteroatoms. The highest BCUT2D eigenvalue weighted by Gasteiger charge is 2.18. The molecule has 0 radical (unpaired) electrons. The summed E-state index contributed by atoms with van der Waals surface area (Å²) in [4.78, 5) is 11.8. The summed E-state index contributed by atoms with van der Waals surface area (Å²) in [6.45, 7) is -0.401. The lowest BCUT2D eigenvalue weighted by atomic mass is 10.3. The van der Waals surface area contributed by atoms with Gasteiger partial charge in [0.25, 0.3) is 0 Å². The molecule has 21 heavy (non-hydrogen) atoms. The Labute approximate surface area is 127 Å². The summed E-state index contributed by atoms with van der Waals surface area (Å²) in [5, 5.41) is 9.29. The molecule has 0 amide bonds. The number of sulfonamides is 1. The van der Waals surface area contributed by atoms with E-state index in [0.717, 1.165) is 12.0 Å². The van der Waals surface area contributed by atoms with Crippen LogP contribution in [0.25, 0.3) is 0 Å². The van der Waals surface area contributed by atoms with Gasteiger partial charge in [0.2, 0.25) is 10.0 Å². The van der Waals surface area contributed by atoms with Crippen LogP contribution in [0.1, 0.15) is 0 Å². The standard InChI is InChI=1S/C12H18N2O5S2/c1-19-12(16)11(15)8-14-21(17,18)7-6-20-10-4-2-9(13)3-5-10/h2-5,11,14-15H,6-8,13H2,1H3. The van der Waals surface area contributed by atoms with Crippen LogP contribution in [-0.2, 0) is 19.6 Å². The lowest BCUT2D eigenvalue weighted by Gasteiger charge is -2.10. The summed E-state index contributed by atoms with van der Waals surface area (Å²) < 4.78 is 29.8. The van der Waals surface area contributed by atoms with Crippen molar-refractivity contribution in [1.29, 1.82) is 0 Å². The molecule has 0 fully saturated rings. The minimum atomic E-state index is -3.56. The number of thioether (sulfide) groups is 1. The number of esters is 1. The molecule has 0 saturated carbocycles.